The Morgan fingerprint density at radius 2 is 1.67 bits per heavy atom. The predicted molar refractivity (Wildman–Crippen MR) is 116 cm³/mol. The molecule has 1 unspecified atom stereocenters. The van der Waals surface area contributed by atoms with E-state index >= 15 is 0 Å². The summed E-state index contributed by atoms with van der Waals surface area (Å²) in [5, 5.41) is 10.5. The number of rotatable bonds is 10. The van der Waals surface area contributed by atoms with Gasteiger partial charge in [0.05, 0.1) is 20.0 Å². The molecule has 1 amide bonds. The third-order valence-electron chi connectivity index (χ3n) is 4.21. The number of hydrogen-bond donors (Lipinski definition) is 4. The van der Waals surface area contributed by atoms with E-state index < -0.39 is 22.0 Å². The van der Waals surface area contributed by atoms with Gasteiger partial charge in [-0.25, -0.2) is 8.42 Å². The Balaban J connectivity index is 2.44. The second kappa shape index (κ2) is 9.97. The van der Waals surface area contributed by atoms with Gasteiger partial charge < -0.3 is 20.5 Å². The molecule has 0 saturated carbocycles. The minimum atomic E-state index is -3.77. The smallest absolute Gasteiger partial charge is 0.260 e. The van der Waals surface area contributed by atoms with Crippen molar-refractivity contribution in [2.75, 3.05) is 25.3 Å². The Morgan fingerprint density at radius 1 is 1.10 bits per heavy atom. The molecule has 9 nitrogen and oxygen atoms in total. The van der Waals surface area contributed by atoms with E-state index in [9.17, 15) is 13.2 Å². The first-order valence-electron chi connectivity index (χ1n) is 9.17. The summed E-state index contributed by atoms with van der Waals surface area (Å²) in [5.41, 5.74) is 6.98. The summed E-state index contributed by atoms with van der Waals surface area (Å²) in [5.74, 6) is -0.0896. The number of ether oxygens (including phenoxy) is 2. The van der Waals surface area contributed by atoms with E-state index in [2.05, 4.69) is 10.0 Å². The number of carbonyl (C=O) groups is 1. The van der Waals surface area contributed by atoms with Gasteiger partial charge in [0.25, 0.3) is 5.91 Å². The van der Waals surface area contributed by atoms with Crippen molar-refractivity contribution >= 4 is 27.5 Å². The van der Waals surface area contributed by atoms with E-state index in [1.807, 2.05) is 0 Å². The third-order valence-corrected chi connectivity index (χ3v) is 5.66. The molecule has 162 valence electrons. The van der Waals surface area contributed by atoms with Crippen LogP contribution in [0.2, 0.25) is 0 Å². The van der Waals surface area contributed by atoms with E-state index in [0.29, 0.717) is 34.7 Å². The molecule has 2 aromatic carbocycles. The van der Waals surface area contributed by atoms with Gasteiger partial charge in [-0.1, -0.05) is 6.92 Å². The predicted octanol–water partition coefficient (Wildman–Crippen LogP) is 2.00. The molecule has 0 aliphatic heterocycles. The molecule has 0 aromatic heterocycles. The zero-order valence-corrected chi connectivity index (χ0v) is 17.9. The van der Waals surface area contributed by atoms with Crippen molar-refractivity contribution in [1.29, 1.82) is 5.41 Å². The van der Waals surface area contributed by atoms with E-state index in [1.165, 1.54) is 14.2 Å². The van der Waals surface area contributed by atoms with Gasteiger partial charge >= 0.3 is 0 Å². The molecule has 10 heteroatoms. The Kier molecular flexibility index (Phi) is 7.65. The van der Waals surface area contributed by atoms with Gasteiger partial charge in [0.2, 0.25) is 10.0 Å². The number of carbonyl (C=O) groups excluding carboxylic acids is 1. The number of nitrogens with one attached hydrogen (secondary N) is 3. The van der Waals surface area contributed by atoms with Gasteiger partial charge in [-0.05, 0) is 48.4 Å². The number of anilines is 1. The van der Waals surface area contributed by atoms with Crippen molar-refractivity contribution in [3.8, 4) is 11.5 Å². The number of hydrogen-bond acceptors (Lipinski definition) is 7. The largest absolute Gasteiger partial charge is 0.497 e. The van der Waals surface area contributed by atoms with Gasteiger partial charge in [0.1, 0.15) is 23.4 Å². The van der Waals surface area contributed by atoms with E-state index in [0.717, 1.165) is 0 Å². The SMILES string of the molecule is CCCS(=O)(=O)NC(=O)C(Nc1ccc(C(=N)N)cc1)c1cc(OC)cc(OC)c1. The summed E-state index contributed by atoms with van der Waals surface area (Å²) in [6.45, 7) is 1.71. The fourth-order valence-electron chi connectivity index (χ4n) is 2.74. The molecule has 5 N–H and O–H groups in total. The Hall–Kier alpha value is -3.27. The van der Waals surface area contributed by atoms with Crippen LogP contribution in [0.25, 0.3) is 0 Å². The maximum Gasteiger partial charge on any atom is 0.260 e. The van der Waals surface area contributed by atoms with Crippen LogP contribution in [0.1, 0.15) is 30.5 Å². The first-order chi connectivity index (χ1) is 14.2. The first kappa shape index (κ1) is 23.0. The van der Waals surface area contributed by atoms with E-state index in [1.54, 1.807) is 49.4 Å². The van der Waals surface area contributed by atoms with Crippen molar-refractivity contribution in [3.63, 3.8) is 0 Å². The Labute approximate surface area is 176 Å². The molecule has 1 atom stereocenters. The minimum absolute atomic E-state index is 0.0842. The normalized spacial score (nSPS) is 12.0. The van der Waals surface area contributed by atoms with Crippen molar-refractivity contribution < 1.29 is 22.7 Å². The summed E-state index contributed by atoms with van der Waals surface area (Å²) in [6, 6.07) is 10.4. The zero-order valence-electron chi connectivity index (χ0n) is 17.1. The lowest BCUT2D eigenvalue weighted by atomic mass is 10.0. The highest BCUT2D eigenvalue weighted by molar-refractivity contribution is 7.90. The second-order valence-corrected chi connectivity index (χ2v) is 8.34. The van der Waals surface area contributed by atoms with Crippen LogP contribution >= 0.6 is 0 Å². The van der Waals surface area contributed by atoms with Gasteiger partial charge in [-0.3, -0.25) is 14.9 Å². The maximum atomic E-state index is 12.9. The number of sulfonamides is 1. The molecule has 0 spiro atoms. The number of methoxy groups -OCH3 is 2. The standard InChI is InChI=1S/C20H26N4O5S/c1-4-9-30(26,27)24-20(25)18(14-10-16(28-2)12-17(11-14)29-3)23-15-7-5-13(6-8-15)19(21)22/h5-8,10-12,18,23H,4,9H2,1-3H3,(H3,21,22)(H,24,25). The quantitative estimate of drug-likeness (QED) is 0.331. The lowest BCUT2D eigenvalue weighted by Gasteiger charge is -2.21. The molecule has 2 rings (SSSR count). The van der Waals surface area contributed by atoms with Crippen LogP contribution in [0.5, 0.6) is 11.5 Å². The monoisotopic (exact) mass is 434 g/mol. The molecule has 2 aromatic rings. The van der Waals surface area contributed by atoms with Crippen LogP contribution < -0.4 is 25.2 Å². The first-order valence-corrected chi connectivity index (χ1v) is 10.8. The van der Waals surface area contributed by atoms with E-state index in [-0.39, 0.29) is 11.6 Å². The summed E-state index contributed by atoms with van der Waals surface area (Å²) < 4.78 is 36.9. The maximum absolute atomic E-state index is 12.9. The highest BCUT2D eigenvalue weighted by Crippen LogP contribution is 2.29. The number of amidine groups is 1. The average molecular weight is 435 g/mol. The van der Waals surface area contributed by atoms with Crippen LogP contribution in [0.4, 0.5) is 5.69 Å². The lowest BCUT2D eigenvalue weighted by Crippen LogP contribution is -2.38. The minimum Gasteiger partial charge on any atom is -0.497 e. The topological polar surface area (TPSA) is 144 Å². The number of nitrogens with two attached hydrogens (primary N) is 1. The number of amides is 1. The summed E-state index contributed by atoms with van der Waals surface area (Å²) in [7, 11) is -0.813. The molecular formula is C20H26N4O5S. The molecule has 0 aliphatic carbocycles. The van der Waals surface area contributed by atoms with Crippen LogP contribution in [0.3, 0.4) is 0 Å². The zero-order chi connectivity index (χ0) is 22.3. The van der Waals surface area contributed by atoms with Crippen molar-refractivity contribution in [2.24, 2.45) is 5.73 Å². The van der Waals surface area contributed by atoms with Gasteiger partial charge in [0, 0.05) is 17.3 Å². The summed E-state index contributed by atoms with van der Waals surface area (Å²) in [6.07, 6.45) is 0.375. The number of nitrogen functional groups attached to an aromatic ring is 1. The summed E-state index contributed by atoms with van der Waals surface area (Å²) >= 11 is 0. The van der Waals surface area contributed by atoms with Crippen LogP contribution in [-0.2, 0) is 14.8 Å². The van der Waals surface area contributed by atoms with Crippen LogP contribution in [0, 0.1) is 5.41 Å². The fourth-order valence-corrected chi connectivity index (χ4v) is 3.80. The molecule has 30 heavy (non-hydrogen) atoms. The highest BCUT2D eigenvalue weighted by atomic mass is 32.2. The third kappa shape index (κ3) is 6.11. The summed E-state index contributed by atoms with van der Waals surface area (Å²) in [4.78, 5) is 12.9. The highest BCUT2D eigenvalue weighted by Gasteiger charge is 2.26. The van der Waals surface area contributed by atoms with Crippen molar-refractivity contribution in [2.45, 2.75) is 19.4 Å². The van der Waals surface area contributed by atoms with Gasteiger partial charge in [-0.15, -0.1) is 0 Å². The van der Waals surface area contributed by atoms with Crippen molar-refractivity contribution in [1.82, 2.24) is 4.72 Å². The van der Waals surface area contributed by atoms with Crippen LogP contribution in [-0.4, -0.2) is 40.1 Å². The fraction of sp³-hybridized carbons (Fsp3) is 0.300. The van der Waals surface area contributed by atoms with Gasteiger partial charge in [0.15, 0.2) is 0 Å². The molecule has 0 aliphatic rings. The molecule has 0 radical (unpaired) electrons. The second-order valence-electron chi connectivity index (χ2n) is 6.50. The molecule has 0 bridgehead atoms. The molecular weight excluding hydrogens is 408 g/mol. The Bertz CT molecular complexity index is 984. The van der Waals surface area contributed by atoms with Gasteiger partial charge in [-0.2, -0.15) is 0 Å². The van der Waals surface area contributed by atoms with Crippen LogP contribution in [0.15, 0.2) is 42.5 Å². The molecule has 0 fully saturated rings. The average Bonchev–Trinajstić information content (AvgIpc) is 2.71. The lowest BCUT2D eigenvalue weighted by molar-refractivity contribution is -0.120. The number of benzene rings is 2. The Morgan fingerprint density at radius 3 is 2.13 bits per heavy atom. The molecule has 0 saturated heterocycles. The molecule has 0 heterocycles. The van der Waals surface area contributed by atoms with E-state index in [4.69, 9.17) is 20.6 Å². The van der Waals surface area contributed by atoms with Crippen molar-refractivity contribution in [3.05, 3.63) is 53.6 Å².